The maximum Gasteiger partial charge on any atom is 0.227 e. The largest absolute Gasteiger partial charge is 0.379 e. The first-order valence-corrected chi connectivity index (χ1v) is 6.24. The number of carbonyl (C=O) groups is 1. The maximum atomic E-state index is 11.9. The Morgan fingerprint density at radius 1 is 1.67 bits per heavy atom. The Kier molecular flexibility index (Phi) is 3.98. The summed E-state index contributed by atoms with van der Waals surface area (Å²) in [5.74, 6) is -0.266. The van der Waals surface area contributed by atoms with E-state index in [1.165, 1.54) is 0 Å². The minimum absolute atomic E-state index is 0.0362. The Morgan fingerprint density at radius 2 is 2.44 bits per heavy atom. The van der Waals surface area contributed by atoms with E-state index in [1.54, 1.807) is 4.68 Å². The van der Waals surface area contributed by atoms with Crippen molar-refractivity contribution in [1.82, 2.24) is 15.1 Å². The molecule has 3 N–H and O–H groups in total. The van der Waals surface area contributed by atoms with Gasteiger partial charge in [0.05, 0.1) is 24.8 Å². The predicted molar refractivity (Wildman–Crippen MR) is 66.7 cm³/mol. The fourth-order valence-electron chi connectivity index (χ4n) is 2.18. The normalized spacial score (nSPS) is 23.3. The Bertz CT molecular complexity index is 430. The molecule has 1 aliphatic rings. The van der Waals surface area contributed by atoms with Crippen LogP contribution in [0.15, 0.2) is 6.20 Å². The molecule has 2 rings (SSSR count). The number of rotatable bonds is 4. The SMILES string of the molecule is CCc1nn(C)cc1CNC(=O)C1COCC1N. The van der Waals surface area contributed by atoms with Gasteiger partial charge in [-0.3, -0.25) is 9.48 Å². The lowest BCUT2D eigenvalue weighted by molar-refractivity contribution is -0.125. The lowest BCUT2D eigenvalue weighted by Crippen LogP contribution is -2.40. The zero-order chi connectivity index (χ0) is 13.1. The lowest BCUT2D eigenvalue weighted by atomic mass is 10.0. The first kappa shape index (κ1) is 13.0. The number of nitrogens with zero attached hydrogens (tertiary/aromatic N) is 2. The van der Waals surface area contributed by atoms with Crippen LogP contribution in [0, 0.1) is 5.92 Å². The first-order valence-electron chi connectivity index (χ1n) is 6.24. The van der Waals surface area contributed by atoms with Crippen LogP contribution >= 0.6 is 0 Å². The van der Waals surface area contributed by atoms with Gasteiger partial charge in [-0.15, -0.1) is 0 Å². The van der Waals surface area contributed by atoms with Crippen molar-refractivity contribution in [2.45, 2.75) is 25.9 Å². The Morgan fingerprint density at radius 3 is 3.06 bits per heavy atom. The molecule has 1 aromatic rings. The number of nitrogens with one attached hydrogen (secondary N) is 1. The summed E-state index contributed by atoms with van der Waals surface area (Å²) in [6.07, 6.45) is 2.79. The fourth-order valence-corrected chi connectivity index (χ4v) is 2.18. The summed E-state index contributed by atoms with van der Waals surface area (Å²) in [5, 5.41) is 7.24. The molecular weight excluding hydrogens is 232 g/mol. The van der Waals surface area contributed by atoms with Crippen LogP contribution in [0.25, 0.3) is 0 Å². The molecule has 100 valence electrons. The van der Waals surface area contributed by atoms with Gasteiger partial charge in [-0.2, -0.15) is 5.10 Å². The van der Waals surface area contributed by atoms with Gasteiger partial charge in [0.2, 0.25) is 5.91 Å². The summed E-state index contributed by atoms with van der Waals surface area (Å²) >= 11 is 0. The Hall–Kier alpha value is -1.40. The number of amides is 1. The lowest BCUT2D eigenvalue weighted by Gasteiger charge is -2.13. The summed E-state index contributed by atoms with van der Waals surface area (Å²) < 4.78 is 6.96. The fraction of sp³-hybridized carbons (Fsp3) is 0.667. The quantitative estimate of drug-likeness (QED) is 0.762. The van der Waals surface area contributed by atoms with Crippen molar-refractivity contribution < 1.29 is 9.53 Å². The van der Waals surface area contributed by atoms with Crippen LogP contribution in [0.3, 0.4) is 0 Å². The van der Waals surface area contributed by atoms with E-state index in [0.717, 1.165) is 17.7 Å². The summed E-state index contributed by atoms with van der Waals surface area (Å²) in [5.41, 5.74) is 7.88. The van der Waals surface area contributed by atoms with Crippen molar-refractivity contribution in [3.8, 4) is 0 Å². The molecule has 2 heterocycles. The number of hydrogen-bond acceptors (Lipinski definition) is 4. The highest BCUT2D eigenvalue weighted by Gasteiger charge is 2.31. The number of hydrogen-bond donors (Lipinski definition) is 2. The Balaban J connectivity index is 1.92. The minimum Gasteiger partial charge on any atom is -0.379 e. The second-order valence-electron chi connectivity index (χ2n) is 4.65. The molecule has 18 heavy (non-hydrogen) atoms. The monoisotopic (exact) mass is 252 g/mol. The summed E-state index contributed by atoms with van der Waals surface area (Å²) in [6, 6.07) is -0.190. The van der Waals surface area contributed by atoms with Crippen molar-refractivity contribution in [3.05, 3.63) is 17.5 Å². The molecule has 1 amide bonds. The molecule has 1 fully saturated rings. The van der Waals surface area contributed by atoms with Gasteiger partial charge in [0.1, 0.15) is 0 Å². The topological polar surface area (TPSA) is 82.2 Å². The molecule has 1 aromatic heterocycles. The number of nitrogens with two attached hydrogens (primary N) is 1. The highest BCUT2D eigenvalue weighted by atomic mass is 16.5. The molecular formula is C12H20N4O2. The van der Waals surface area contributed by atoms with Crippen LogP contribution in [-0.4, -0.2) is 34.9 Å². The molecule has 1 saturated heterocycles. The highest BCUT2D eigenvalue weighted by molar-refractivity contribution is 5.79. The molecule has 0 radical (unpaired) electrons. The first-order chi connectivity index (χ1) is 8.61. The van der Waals surface area contributed by atoms with Crippen LogP contribution < -0.4 is 11.1 Å². The average Bonchev–Trinajstić information content (AvgIpc) is 2.92. The Labute approximate surface area is 106 Å². The van der Waals surface area contributed by atoms with Gasteiger partial charge in [0.25, 0.3) is 0 Å². The molecule has 0 aliphatic carbocycles. The van der Waals surface area contributed by atoms with Crippen molar-refractivity contribution in [3.63, 3.8) is 0 Å². The molecule has 2 atom stereocenters. The second kappa shape index (κ2) is 5.49. The average molecular weight is 252 g/mol. The van der Waals surface area contributed by atoms with Crippen molar-refractivity contribution in [1.29, 1.82) is 0 Å². The molecule has 6 heteroatoms. The van der Waals surface area contributed by atoms with Crippen molar-refractivity contribution in [2.75, 3.05) is 13.2 Å². The molecule has 2 unspecified atom stereocenters. The van der Waals surface area contributed by atoms with E-state index < -0.39 is 0 Å². The minimum atomic E-state index is -0.230. The van der Waals surface area contributed by atoms with Crippen LogP contribution in [-0.2, 0) is 29.5 Å². The zero-order valence-corrected chi connectivity index (χ0v) is 10.8. The van der Waals surface area contributed by atoms with Gasteiger partial charge in [0, 0.05) is 31.4 Å². The number of aromatic nitrogens is 2. The number of carbonyl (C=O) groups excluding carboxylic acids is 1. The standard InChI is InChI=1S/C12H20N4O2/c1-3-11-8(5-16(2)15-11)4-14-12(17)9-6-18-7-10(9)13/h5,9-10H,3-4,6-7,13H2,1-2H3,(H,14,17). The summed E-state index contributed by atoms with van der Waals surface area (Å²) in [7, 11) is 1.88. The van der Waals surface area contributed by atoms with E-state index in [0.29, 0.717) is 19.8 Å². The zero-order valence-electron chi connectivity index (χ0n) is 10.8. The number of ether oxygens (including phenoxy) is 1. The molecule has 0 spiro atoms. The predicted octanol–water partition coefficient (Wildman–Crippen LogP) is -0.428. The molecule has 6 nitrogen and oxygen atoms in total. The smallest absolute Gasteiger partial charge is 0.227 e. The number of aryl methyl sites for hydroxylation is 2. The van der Waals surface area contributed by atoms with Crippen molar-refractivity contribution in [2.24, 2.45) is 18.7 Å². The molecule has 1 aliphatic heterocycles. The summed E-state index contributed by atoms with van der Waals surface area (Å²) in [4.78, 5) is 11.9. The van der Waals surface area contributed by atoms with E-state index in [1.807, 2.05) is 20.2 Å². The third kappa shape index (κ3) is 2.70. The van der Waals surface area contributed by atoms with Gasteiger partial charge >= 0.3 is 0 Å². The van der Waals surface area contributed by atoms with Gasteiger partial charge in [-0.1, -0.05) is 6.92 Å². The van der Waals surface area contributed by atoms with E-state index in [9.17, 15) is 4.79 Å². The van der Waals surface area contributed by atoms with Crippen LogP contribution in [0.4, 0.5) is 0 Å². The maximum absolute atomic E-state index is 11.9. The van der Waals surface area contributed by atoms with Gasteiger partial charge in [-0.25, -0.2) is 0 Å². The highest BCUT2D eigenvalue weighted by Crippen LogP contribution is 2.12. The molecule has 0 saturated carbocycles. The van der Waals surface area contributed by atoms with E-state index >= 15 is 0 Å². The van der Waals surface area contributed by atoms with E-state index in [4.69, 9.17) is 10.5 Å². The van der Waals surface area contributed by atoms with Crippen molar-refractivity contribution >= 4 is 5.91 Å². The van der Waals surface area contributed by atoms with Gasteiger partial charge in [0.15, 0.2) is 0 Å². The molecule has 0 bridgehead atoms. The molecule has 0 aromatic carbocycles. The third-order valence-electron chi connectivity index (χ3n) is 3.24. The van der Waals surface area contributed by atoms with Crippen LogP contribution in [0.2, 0.25) is 0 Å². The summed E-state index contributed by atoms with van der Waals surface area (Å²) in [6.45, 7) is 3.43. The second-order valence-corrected chi connectivity index (χ2v) is 4.65. The van der Waals surface area contributed by atoms with Crippen LogP contribution in [0.5, 0.6) is 0 Å². The van der Waals surface area contributed by atoms with Gasteiger partial charge in [-0.05, 0) is 6.42 Å². The third-order valence-corrected chi connectivity index (χ3v) is 3.24. The van der Waals surface area contributed by atoms with E-state index in [-0.39, 0.29) is 17.9 Å². The van der Waals surface area contributed by atoms with Crippen LogP contribution in [0.1, 0.15) is 18.2 Å². The van der Waals surface area contributed by atoms with E-state index in [2.05, 4.69) is 10.4 Å². The van der Waals surface area contributed by atoms with Gasteiger partial charge < -0.3 is 15.8 Å².